The van der Waals surface area contributed by atoms with Crippen LogP contribution in [0.2, 0.25) is 0 Å². The van der Waals surface area contributed by atoms with Crippen molar-refractivity contribution in [1.82, 2.24) is 9.97 Å². The maximum atomic E-state index is 4.64. The Bertz CT molecular complexity index is 606. The molecule has 0 spiro atoms. The predicted octanol–water partition coefficient (Wildman–Crippen LogP) is 4.45. The first-order valence-electron chi connectivity index (χ1n) is 7.25. The van der Waals surface area contributed by atoms with Crippen LogP contribution in [0, 0.1) is 13.8 Å². The van der Waals surface area contributed by atoms with Crippen molar-refractivity contribution in [2.45, 2.75) is 45.6 Å². The highest BCUT2D eigenvalue weighted by Gasteiger charge is 2.28. The van der Waals surface area contributed by atoms with E-state index >= 15 is 0 Å². The van der Waals surface area contributed by atoms with Gasteiger partial charge < -0.3 is 4.90 Å². The molecule has 1 aliphatic carbocycles. The molecule has 3 rings (SSSR count). The molecule has 1 fully saturated rings. The van der Waals surface area contributed by atoms with Crippen molar-refractivity contribution in [2.75, 3.05) is 16.8 Å². The fourth-order valence-electron chi connectivity index (χ4n) is 2.77. The van der Waals surface area contributed by atoms with E-state index in [1.54, 1.807) is 17.7 Å². The minimum absolute atomic E-state index is 0.673. The molecule has 0 amide bonds. The second-order valence-electron chi connectivity index (χ2n) is 5.48. The molecule has 0 N–H and O–H groups in total. The summed E-state index contributed by atoms with van der Waals surface area (Å²) in [6.45, 7) is 5.46. The third-order valence-corrected chi connectivity index (χ3v) is 5.94. The van der Waals surface area contributed by atoms with Gasteiger partial charge >= 0.3 is 0 Å². The maximum absolute atomic E-state index is 4.64. The first-order valence-corrected chi connectivity index (χ1v) is 9.19. The summed E-state index contributed by atoms with van der Waals surface area (Å²) in [6, 6.07) is 0.673. The van der Waals surface area contributed by atoms with Crippen LogP contribution in [0.4, 0.5) is 5.82 Å². The molecule has 108 valence electrons. The molecule has 1 aliphatic rings. The van der Waals surface area contributed by atoms with E-state index in [4.69, 9.17) is 0 Å². The fourth-order valence-corrected chi connectivity index (χ4v) is 4.01. The van der Waals surface area contributed by atoms with Crippen molar-refractivity contribution < 1.29 is 0 Å². The highest BCUT2D eigenvalue weighted by molar-refractivity contribution is 9.09. The topological polar surface area (TPSA) is 29.0 Å². The smallest absolute Gasteiger partial charge is 0.141 e. The molecular formula is C15H20BrN3S. The van der Waals surface area contributed by atoms with E-state index in [1.807, 2.05) is 0 Å². The van der Waals surface area contributed by atoms with Gasteiger partial charge in [0.2, 0.25) is 0 Å². The number of nitrogens with zero attached hydrogens (tertiary/aromatic N) is 3. The standard InChI is InChI=1S/C15H20BrN3S/c1-10-11(2)20-15-13(10)14(17-9-18-15)19(8-4-7-16)12-5-3-6-12/h9,12H,3-8H2,1-2H3. The zero-order chi connectivity index (χ0) is 14.1. The molecule has 3 nitrogen and oxygen atoms in total. The van der Waals surface area contributed by atoms with Crippen molar-refractivity contribution in [3.05, 3.63) is 16.8 Å². The van der Waals surface area contributed by atoms with Gasteiger partial charge in [-0.15, -0.1) is 11.3 Å². The minimum atomic E-state index is 0.673. The van der Waals surface area contributed by atoms with E-state index < -0.39 is 0 Å². The highest BCUT2D eigenvalue weighted by Crippen LogP contribution is 2.37. The molecule has 2 heterocycles. The lowest BCUT2D eigenvalue weighted by Crippen LogP contribution is -2.41. The Morgan fingerprint density at radius 2 is 2.15 bits per heavy atom. The number of anilines is 1. The normalized spacial score (nSPS) is 15.6. The van der Waals surface area contributed by atoms with Crippen LogP contribution in [0.1, 0.15) is 36.1 Å². The predicted molar refractivity (Wildman–Crippen MR) is 90.3 cm³/mol. The van der Waals surface area contributed by atoms with Crippen LogP contribution in [0.5, 0.6) is 0 Å². The second kappa shape index (κ2) is 5.98. The van der Waals surface area contributed by atoms with E-state index in [2.05, 4.69) is 44.6 Å². The molecule has 5 heteroatoms. The van der Waals surface area contributed by atoms with Crippen LogP contribution in [0.25, 0.3) is 10.2 Å². The quantitative estimate of drug-likeness (QED) is 0.743. The van der Waals surface area contributed by atoms with Crippen LogP contribution in [-0.2, 0) is 0 Å². The number of thiophene rings is 1. The molecule has 0 atom stereocenters. The SMILES string of the molecule is Cc1sc2ncnc(N(CCCBr)C3CCC3)c2c1C. The third kappa shape index (κ3) is 2.46. The first kappa shape index (κ1) is 14.3. The monoisotopic (exact) mass is 353 g/mol. The third-order valence-electron chi connectivity index (χ3n) is 4.27. The van der Waals surface area contributed by atoms with E-state index in [9.17, 15) is 0 Å². The molecule has 0 radical (unpaired) electrons. The minimum Gasteiger partial charge on any atom is -0.353 e. The zero-order valence-corrected chi connectivity index (χ0v) is 14.4. The number of rotatable bonds is 5. The van der Waals surface area contributed by atoms with Crippen LogP contribution in [-0.4, -0.2) is 27.9 Å². The molecule has 0 bridgehead atoms. The van der Waals surface area contributed by atoms with Crippen LogP contribution in [0.3, 0.4) is 0 Å². The molecule has 2 aromatic heterocycles. The van der Waals surface area contributed by atoms with Crippen molar-refractivity contribution in [1.29, 1.82) is 0 Å². The van der Waals surface area contributed by atoms with Crippen molar-refractivity contribution in [2.24, 2.45) is 0 Å². The molecular weight excluding hydrogens is 334 g/mol. The number of alkyl halides is 1. The number of aryl methyl sites for hydroxylation is 2. The Morgan fingerprint density at radius 3 is 2.80 bits per heavy atom. The van der Waals surface area contributed by atoms with E-state index in [0.717, 1.165) is 28.9 Å². The molecule has 0 unspecified atom stereocenters. The Labute approximate surface area is 132 Å². The number of fused-ring (bicyclic) bond motifs is 1. The summed E-state index contributed by atoms with van der Waals surface area (Å²) < 4.78 is 0. The van der Waals surface area contributed by atoms with Gasteiger partial charge in [-0.1, -0.05) is 15.9 Å². The summed E-state index contributed by atoms with van der Waals surface area (Å²) in [7, 11) is 0. The van der Waals surface area contributed by atoms with E-state index in [0.29, 0.717) is 6.04 Å². The molecule has 0 saturated heterocycles. The van der Waals surface area contributed by atoms with Gasteiger partial charge in [0.1, 0.15) is 17.0 Å². The van der Waals surface area contributed by atoms with Gasteiger partial charge in [-0.2, -0.15) is 0 Å². The van der Waals surface area contributed by atoms with Crippen molar-refractivity contribution >= 4 is 43.3 Å². The average molecular weight is 354 g/mol. The fraction of sp³-hybridized carbons (Fsp3) is 0.600. The summed E-state index contributed by atoms with van der Waals surface area (Å²) in [5.41, 5.74) is 1.35. The summed E-state index contributed by atoms with van der Waals surface area (Å²) in [5, 5.41) is 2.32. The van der Waals surface area contributed by atoms with Gasteiger partial charge in [0, 0.05) is 22.8 Å². The Kier molecular flexibility index (Phi) is 4.26. The van der Waals surface area contributed by atoms with Crippen molar-refractivity contribution in [3.8, 4) is 0 Å². The molecule has 2 aromatic rings. The number of hydrogen-bond acceptors (Lipinski definition) is 4. The lowest BCUT2D eigenvalue weighted by molar-refractivity contribution is 0.385. The van der Waals surface area contributed by atoms with E-state index in [1.165, 1.54) is 35.1 Å². The van der Waals surface area contributed by atoms with Gasteiger partial charge in [-0.25, -0.2) is 9.97 Å². The molecule has 0 aromatic carbocycles. The number of halogens is 1. The summed E-state index contributed by atoms with van der Waals surface area (Å²) >= 11 is 5.33. The Balaban J connectivity index is 2.05. The average Bonchev–Trinajstić information content (AvgIpc) is 2.68. The number of hydrogen-bond donors (Lipinski definition) is 0. The van der Waals surface area contributed by atoms with Crippen LogP contribution >= 0.6 is 27.3 Å². The summed E-state index contributed by atoms with van der Waals surface area (Å²) in [4.78, 5) is 14.1. The largest absolute Gasteiger partial charge is 0.353 e. The summed E-state index contributed by atoms with van der Waals surface area (Å²) in [6.07, 6.45) is 6.84. The van der Waals surface area contributed by atoms with Gasteiger partial charge in [0.05, 0.1) is 5.39 Å². The number of aromatic nitrogens is 2. The van der Waals surface area contributed by atoms with Crippen molar-refractivity contribution in [3.63, 3.8) is 0 Å². The summed E-state index contributed by atoms with van der Waals surface area (Å²) in [5.74, 6) is 1.16. The van der Waals surface area contributed by atoms with Gasteiger partial charge in [0.25, 0.3) is 0 Å². The highest BCUT2D eigenvalue weighted by atomic mass is 79.9. The molecule has 20 heavy (non-hydrogen) atoms. The van der Waals surface area contributed by atoms with Gasteiger partial charge in [0.15, 0.2) is 0 Å². The zero-order valence-electron chi connectivity index (χ0n) is 12.0. The van der Waals surface area contributed by atoms with E-state index in [-0.39, 0.29) is 0 Å². The Hall–Kier alpha value is -0.680. The maximum Gasteiger partial charge on any atom is 0.141 e. The molecule has 1 saturated carbocycles. The Morgan fingerprint density at radius 1 is 1.35 bits per heavy atom. The second-order valence-corrected chi connectivity index (χ2v) is 7.48. The lowest BCUT2D eigenvalue weighted by atomic mass is 9.91. The van der Waals surface area contributed by atoms with Crippen LogP contribution in [0.15, 0.2) is 6.33 Å². The first-order chi connectivity index (χ1) is 9.72. The lowest BCUT2D eigenvalue weighted by Gasteiger charge is -2.38. The van der Waals surface area contributed by atoms with Gasteiger partial charge in [-0.05, 0) is 45.1 Å². The van der Waals surface area contributed by atoms with Gasteiger partial charge in [-0.3, -0.25) is 0 Å². The van der Waals surface area contributed by atoms with Crippen LogP contribution < -0.4 is 4.90 Å². The molecule has 0 aliphatic heterocycles.